The Kier molecular flexibility index (Phi) is 6.81. The Hall–Kier alpha value is -4.69. The van der Waals surface area contributed by atoms with E-state index >= 15 is 0 Å². The van der Waals surface area contributed by atoms with E-state index in [1.807, 2.05) is 84.8 Å². The molecular formula is C30H25N3O4S. The predicted octanol–water partition coefficient (Wildman–Crippen LogP) is 6.67. The Morgan fingerprint density at radius 1 is 0.816 bits per heavy atom. The first-order valence-electron chi connectivity index (χ1n) is 12.0. The van der Waals surface area contributed by atoms with Gasteiger partial charge in [-0.3, -0.25) is 10.1 Å². The van der Waals surface area contributed by atoms with Crippen molar-refractivity contribution in [1.82, 2.24) is 4.31 Å². The molecule has 0 aliphatic carbocycles. The molecule has 4 aromatic rings. The fourth-order valence-electron chi connectivity index (χ4n) is 4.35. The zero-order chi connectivity index (χ0) is 26.7. The minimum Gasteiger partial charge on any atom is -0.303 e. The highest BCUT2D eigenvalue weighted by atomic mass is 32.2. The van der Waals surface area contributed by atoms with Gasteiger partial charge in [-0.15, -0.1) is 0 Å². The molecule has 0 aromatic heterocycles. The van der Waals surface area contributed by atoms with E-state index in [4.69, 9.17) is 0 Å². The lowest BCUT2D eigenvalue weighted by Gasteiger charge is -2.41. The van der Waals surface area contributed by atoms with Gasteiger partial charge in [-0.05, 0) is 66.6 Å². The van der Waals surface area contributed by atoms with Crippen molar-refractivity contribution in [3.63, 3.8) is 0 Å². The topological polar surface area (TPSA) is 83.8 Å². The van der Waals surface area contributed by atoms with Crippen LogP contribution in [-0.2, 0) is 10.0 Å². The number of hydrogen-bond acceptors (Lipinski definition) is 5. The van der Waals surface area contributed by atoms with Gasteiger partial charge in [0, 0.05) is 24.0 Å². The van der Waals surface area contributed by atoms with Gasteiger partial charge in [-0.1, -0.05) is 66.2 Å². The number of rotatable bonds is 6. The second kappa shape index (κ2) is 10.4. The van der Waals surface area contributed by atoms with Crippen LogP contribution < -0.4 is 4.90 Å². The summed E-state index contributed by atoms with van der Waals surface area (Å²) in [4.78, 5) is 12.8. The molecule has 0 spiro atoms. The van der Waals surface area contributed by atoms with Crippen molar-refractivity contribution in [3.05, 3.63) is 154 Å². The molecule has 4 aromatic carbocycles. The van der Waals surface area contributed by atoms with Gasteiger partial charge in [0.05, 0.1) is 15.9 Å². The summed E-state index contributed by atoms with van der Waals surface area (Å²) < 4.78 is 30.1. The molecule has 190 valence electrons. The summed E-state index contributed by atoms with van der Waals surface area (Å²) in [5.74, 6) is 0.425. The third-order valence-corrected chi connectivity index (χ3v) is 8.10. The Balaban J connectivity index is 1.75. The second-order valence-corrected chi connectivity index (χ2v) is 10.7. The van der Waals surface area contributed by atoms with E-state index in [2.05, 4.69) is 0 Å². The van der Waals surface area contributed by atoms with Crippen LogP contribution in [0.4, 0.5) is 11.4 Å². The van der Waals surface area contributed by atoms with E-state index in [0.29, 0.717) is 11.4 Å². The fraction of sp³-hybridized carbons (Fsp3) is 0.0667. The highest BCUT2D eigenvalue weighted by molar-refractivity contribution is 7.89. The number of nitro benzene ring substituents is 1. The average molecular weight is 524 g/mol. The molecule has 0 radical (unpaired) electrons. The molecule has 7 nitrogen and oxygen atoms in total. The first kappa shape index (κ1) is 25.0. The SMILES string of the molecule is Cc1ccc(S(=O)(=O)N2/C(=C\c3ccccc3)N(c3ccccc3)C=CC2c2ccc([N+](=O)[O-])cc2)cc1. The van der Waals surface area contributed by atoms with Crippen molar-refractivity contribution in [2.75, 3.05) is 4.90 Å². The second-order valence-electron chi connectivity index (χ2n) is 8.87. The van der Waals surface area contributed by atoms with E-state index in [1.54, 1.807) is 42.5 Å². The number of non-ortho nitro benzene ring substituents is 1. The van der Waals surface area contributed by atoms with Crippen molar-refractivity contribution < 1.29 is 13.3 Å². The lowest BCUT2D eigenvalue weighted by molar-refractivity contribution is -0.384. The first-order valence-corrected chi connectivity index (χ1v) is 13.4. The monoisotopic (exact) mass is 523 g/mol. The molecule has 1 aliphatic heterocycles. The standard InChI is InChI=1S/C30H25N3O4S/c1-23-12-18-28(19-13-23)38(36,37)32-29(25-14-16-27(17-15-25)33(34)35)20-21-31(26-10-6-3-7-11-26)30(32)22-24-8-4-2-5-9-24/h2-22,29H,1H3/b30-22-. The minimum absolute atomic E-state index is 0.0626. The summed E-state index contributed by atoms with van der Waals surface area (Å²) in [5.41, 5.74) is 3.10. The molecule has 0 amide bonds. The van der Waals surface area contributed by atoms with Crippen molar-refractivity contribution in [2.45, 2.75) is 17.9 Å². The fourth-order valence-corrected chi connectivity index (χ4v) is 5.93. The van der Waals surface area contributed by atoms with Gasteiger partial charge in [0.15, 0.2) is 0 Å². The normalized spacial score (nSPS) is 16.6. The van der Waals surface area contributed by atoms with Crippen molar-refractivity contribution in [1.29, 1.82) is 0 Å². The van der Waals surface area contributed by atoms with E-state index in [1.165, 1.54) is 16.4 Å². The van der Waals surface area contributed by atoms with Crippen LogP contribution in [0.5, 0.6) is 0 Å². The van der Waals surface area contributed by atoms with Crippen LogP contribution >= 0.6 is 0 Å². The highest BCUT2D eigenvalue weighted by Gasteiger charge is 2.38. The summed E-state index contributed by atoms with van der Waals surface area (Å²) in [7, 11) is -4.07. The number of benzene rings is 4. The summed E-state index contributed by atoms with van der Waals surface area (Å²) in [6.45, 7) is 1.90. The number of anilines is 1. The Morgan fingerprint density at radius 3 is 2.03 bits per heavy atom. The van der Waals surface area contributed by atoms with Gasteiger partial charge in [0.2, 0.25) is 0 Å². The molecule has 38 heavy (non-hydrogen) atoms. The maximum absolute atomic E-state index is 14.4. The molecule has 0 saturated carbocycles. The third kappa shape index (κ3) is 4.94. The van der Waals surface area contributed by atoms with Gasteiger partial charge in [0.25, 0.3) is 15.7 Å². The zero-order valence-electron chi connectivity index (χ0n) is 20.6. The lowest BCUT2D eigenvalue weighted by atomic mass is 10.0. The molecule has 5 rings (SSSR count). The number of nitro groups is 1. The molecular weight excluding hydrogens is 498 g/mol. The number of sulfonamides is 1. The Labute approximate surface area is 221 Å². The van der Waals surface area contributed by atoms with Crippen molar-refractivity contribution >= 4 is 27.5 Å². The minimum atomic E-state index is -4.07. The van der Waals surface area contributed by atoms with Crippen LogP contribution in [0.3, 0.4) is 0 Å². The molecule has 0 N–H and O–H groups in total. The smallest absolute Gasteiger partial charge is 0.269 e. The van der Waals surface area contributed by atoms with Gasteiger partial charge in [-0.2, -0.15) is 0 Å². The van der Waals surface area contributed by atoms with E-state index in [9.17, 15) is 18.5 Å². The van der Waals surface area contributed by atoms with Crippen LogP contribution in [0.25, 0.3) is 6.08 Å². The third-order valence-electron chi connectivity index (χ3n) is 6.30. The quantitative estimate of drug-likeness (QED) is 0.208. The van der Waals surface area contributed by atoms with Gasteiger partial charge < -0.3 is 4.90 Å². The lowest BCUT2D eigenvalue weighted by Crippen LogP contribution is -2.42. The largest absolute Gasteiger partial charge is 0.303 e. The molecule has 1 aliphatic rings. The van der Waals surface area contributed by atoms with Crippen LogP contribution in [0, 0.1) is 17.0 Å². The number of aryl methyl sites for hydroxylation is 1. The molecule has 1 atom stereocenters. The maximum Gasteiger partial charge on any atom is 0.269 e. The molecule has 0 bridgehead atoms. The average Bonchev–Trinajstić information content (AvgIpc) is 2.94. The van der Waals surface area contributed by atoms with Gasteiger partial charge in [0.1, 0.15) is 5.82 Å². The molecule has 1 heterocycles. The highest BCUT2D eigenvalue weighted by Crippen LogP contribution is 2.40. The van der Waals surface area contributed by atoms with Crippen LogP contribution in [0.1, 0.15) is 22.7 Å². The van der Waals surface area contributed by atoms with Gasteiger partial charge in [-0.25, -0.2) is 12.7 Å². The number of nitrogens with zero attached hydrogens (tertiary/aromatic N) is 3. The van der Waals surface area contributed by atoms with Gasteiger partial charge >= 0.3 is 0 Å². The molecule has 0 fully saturated rings. The summed E-state index contributed by atoms with van der Waals surface area (Å²) in [5, 5.41) is 11.2. The zero-order valence-corrected chi connectivity index (χ0v) is 21.4. The van der Waals surface area contributed by atoms with E-state index in [-0.39, 0.29) is 10.6 Å². The maximum atomic E-state index is 14.4. The van der Waals surface area contributed by atoms with Crippen molar-refractivity contribution in [3.8, 4) is 0 Å². The van der Waals surface area contributed by atoms with Crippen LogP contribution in [0.2, 0.25) is 0 Å². The summed E-state index contributed by atoms with van der Waals surface area (Å²) in [6, 6.07) is 31.0. The molecule has 0 saturated heterocycles. The summed E-state index contributed by atoms with van der Waals surface area (Å²) >= 11 is 0. The summed E-state index contributed by atoms with van der Waals surface area (Å²) in [6.07, 6.45) is 5.47. The number of hydrogen-bond donors (Lipinski definition) is 0. The van der Waals surface area contributed by atoms with Crippen molar-refractivity contribution in [2.24, 2.45) is 0 Å². The Morgan fingerprint density at radius 2 is 1.42 bits per heavy atom. The predicted molar refractivity (Wildman–Crippen MR) is 149 cm³/mol. The van der Waals surface area contributed by atoms with Crippen LogP contribution in [-0.4, -0.2) is 17.6 Å². The van der Waals surface area contributed by atoms with E-state index in [0.717, 1.165) is 16.8 Å². The van der Waals surface area contributed by atoms with Crippen LogP contribution in [0.15, 0.2) is 132 Å². The molecule has 1 unspecified atom stereocenters. The number of para-hydroxylation sites is 1. The van der Waals surface area contributed by atoms with E-state index < -0.39 is 21.0 Å². The Bertz CT molecular complexity index is 1600. The first-order chi connectivity index (χ1) is 18.3. The molecule has 8 heteroatoms.